The number of halogens is 1. The molecule has 126 valence electrons. The van der Waals surface area contributed by atoms with Crippen molar-refractivity contribution >= 4 is 0 Å². The Kier molecular flexibility index (Phi) is 9.04. The van der Waals surface area contributed by atoms with Gasteiger partial charge in [0.15, 0.2) is 11.6 Å². The van der Waals surface area contributed by atoms with Crippen molar-refractivity contribution in [1.82, 2.24) is 5.32 Å². The third kappa shape index (κ3) is 5.91. The number of rotatable bonds is 5. The minimum atomic E-state index is -0.598. The van der Waals surface area contributed by atoms with Crippen LogP contribution in [0, 0.1) is 11.7 Å². The van der Waals surface area contributed by atoms with Gasteiger partial charge in [-0.25, -0.2) is 4.39 Å². The number of methoxy groups -OCH3 is 1. The van der Waals surface area contributed by atoms with Crippen LogP contribution in [-0.4, -0.2) is 31.0 Å². The Bertz CT molecular complexity index is 434. The van der Waals surface area contributed by atoms with Gasteiger partial charge in [0, 0.05) is 25.8 Å². The molecule has 2 rings (SSSR count). The molecule has 5 heteroatoms. The van der Waals surface area contributed by atoms with Gasteiger partial charge in [0.2, 0.25) is 0 Å². The fourth-order valence-corrected chi connectivity index (χ4v) is 2.68. The summed E-state index contributed by atoms with van der Waals surface area (Å²) in [7, 11) is 3.27. The summed E-state index contributed by atoms with van der Waals surface area (Å²) < 4.78 is 18.3. The van der Waals surface area contributed by atoms with Crippen LogP contribution in [0.3, 0.4) is 0 Å². The summed E-state index contributed by atoms with van der Waals surface area (Å²) >= 11 is 0. The lowest BCUT2D eigenvalue weighted by Gasteiger charge is -2.18. The first-order valence-corrected chi connectivity index (χ1v) is 7.87. The number of aromatic hydroxyl groups is 1. The molecule has 22 heavy (non-hydrogen) atoms. The van der Waals surface area contributed by atoms with Gasteiger partial charge in [-0.2, -0.15) is 0 Å². The van der Waals surface area contributed by atoms with Crippen molar-refractivity contribution in [3.63, 3.8) is 0 Å². The number of benzene rings is 1. The van der Waals surface area contributed by atoms with Crippen LogP contribution < -0.4 is 5.32 Å². The van der Waals surface area contributed by atoms with E-state index in [-0.39, 0.29) is 12.4 Å². The number of phenolic OH excluding ortho intramolecular Hbond substituents is 1. The number of aliphatic hydroxyl groups excluding tert-OH is 1. The summed E-state index contributed by atoms with van der Waals surface area (Å²) in [4.78, 5) is 0. The van der Waals surface area contributed by atoms with Crippen LogP contribution in [-0.2, 0) is 17.9 Å². The van der Waals surface area contributed by atoms with Crippen molar-refractivity contribution in [3.05, 3.63) is 29.1 Å². The molecule has 1 aliphatic rings. The highest BCUT2D eigenvalue weighted by atomic mass is 19.1. The third-order valence-corrected chi connectivity index (χ3v) is 3.96. The smallest absolute Gasteiger partial charge is 0.170 e. The van der Waals surface area contributed by atoms with Crippen LogP contribution in [0.2, 0.25) is 0 Å². The first kappa shape index (κ1) is 18.9. The molecule has 0 bridgehead atoms. The molecule has 0 heterocycles. The average Bonchev–Trinajstić information content (AvgIpc) is 2.56. The van der Waals surface area contributed by atoms with Crippen LogP contribution in [0.5, 0.6) is 5.75 Å². The first-order valence-electron chi connectivity index (χ1n) is 7.87. The maximum atomic E-state index is 13.4. The van der Waals surface area contributed by atoms with Gasteiger partial charge in [0.05, 0.1) is 6.61 Å². The van der Waals surface area contributed by atoms with Gasteiger partial charge in [0.25, 0.3) is 0 Å². The zero-order valence-electron chi connectivity index (χ0n) is 13.6. The van der Waals surface area contributed by atoms with Crippen molar-refractivity contribution in [2.75, 3.05) is 20.8 Å². The maximum Gasteiger partial charge on any atom is 0.170 e. The van der Waals surface area contributed by atoms with Crippen molar-refractivity contribution in [2.45, 2.75) is 45.3 Å². The molecule has 0 spiro atoms. The van der Waals surface area contributed by atoms with Crippen molar-refractivity contribution in [1.29, 1.82) is 0 Å². The van der Waals surface area contributed by atoms with Crippen molar-refractivity contribution in [2.24, 2.45) is 5.92 Å². The lowest BCUT2D eigenvalue weighted by molar-refractivity contribution is 0.179. The molecule has 1 aromatic rings. The van der Waals surface area contributed by atoms with E-state index in [1.165, 1.54) is 45.3 Å². The number of phenols is 1. The molecule has 0 saturated heterocycles. The fourth-order valence-electron chi connectivity index (χ4n) is 2.68. The second kappa shape index (κ2) is 10.5. The molecular weight excluding hydrogens is 285 g/mol. The Labute approximate surface area is 132 Å². The van der Waals surface area contributed by atoms with E-state index in [2.05, 4.69) is 5.32 Å². The second-order valence-corrected chi connectivity index (χ2v) is 5.69. The molecule has 1 aliphatic carbocycles. The van der Waals surface area contributed by atoms with E-state index in [1.54, 1.807) is 13.1 Å². The number of ether oxygens (including phenoxy) is 1. The van der Waals surface area contributed by atoms with Gasteiger partial charge >= 0.3 is 0 Å². The summed E-state index contributed by atoms with van der Waals surface area (Å²) in [6.07, 6.45) is 6.58. The van der Waals surface area contributed by atoms with Crippen LogP contribution in [0.15, 0.2) is 12.1 Å². The van der Waals surface area contributed by atoms with E-state index in [0.717, 1.165) is 5.56 Å². The van der Waals surface area contributed by atoms with E-state index in [0.29, 0.717) is 24.6 Å². The monoisotopic (exact) mass is 313 g/mol. The van der Waals surface area contributed by atoms with E-state index in [1.807, 2.05) is 0 Å². The number of hydrogen-bond donors (Lipinski definition) is 3. The Morgan fingerprint density at radius 2 is 1.95 bits per heavy atom. The third-order valence-electron chi connectivity index (χ3n) is 3.96. The summed E-state index contributed by atoms with van der Waals surface area (Å²) in [6.45, 7) is 1.13. The number of hydrogen-bond acceptors (Lipinski definition) is 4. The normalized spacial score (nSPS) is 15.3. The molecule has 0 aliphatic heterocycles. The molecule has 0 atom stereocenters. The first-order chi connectivity index (χ1) is 10.6. The zero-order chi connectivity index (χ0) is 16.4. The van der Waals surface area contributed by atoms with Crippen LogP contribution in [0.25, 0.3) is 0 Å². The number of nitrogens with one attached hydrogen (secondary N) is 1. The van der Waals surface area contributed by atoms with Crippen LogP contribution in [0.1, 0.15) is 43.2 Å². The Morgan fingerprint density at radius 1 is 1.27 bits per heavy atom. The van der Waals surface area contributed by atoms with Crippen LogP contribution in [0.4, 0.5) is 4.39 Å². The van der Waals surface area contributed by atoms with Crippen molar-refractivity contribution in [3.8, 4) is 5.75 Å². The molecule has 1 fully saturated rings. The van der Waals surface area contributed by atoms with E-state index >= 15 is 0 Å². The van der Waals surface area contributed by atoms with Gasteiger partial charge in [0.1, 0.15) is 0 Å². The molecule has 1 aromatic carbocycles. The van der Waals surface area contributed by atoms with Gasteiger partial charge in [-0.05, 0) is 37.4 Å². The van der Waals surface area contributed by atoms with E-state index in [9.17, 15) is 4.39 Å². The minimum Gasteiger partial charge on any atom is -0.505 e. The molecule has 1 saturated carbocycles. The molecule has 4 nitrogen and oxygen atoms in total. The van der Waals surface area contributed by atoms with Gasteiger partial charge < -0.3 is 20.3 Å². The molecule has 0 aromatic heterocycles. The SMILES string of the molecule is CNCc1ccc(O)c(F)c1COC.OCC1CCCCC1. The van der Waals surface area contributed by atoms with Gasteiger partial charge in [-0.15, -0.1) is 0 Å². The maximum absolute atomic E-state index is 13.4. The molecule has 0 radical (unpaired) electrons. The molecule has 0 amide bonds. The summed E-state index contributed by atoms with van der Waals surface area (Å²) in [5, 5.41) is 20.8. The summed E-state index contributed by atoms with van der Waals surface area (Å²) in [5.41, 5.74) is 1.20. The Morgan fingerprint density at radius 3 is 2.45 bits per heavy atom. The Hall–Kier alpha value is -1.17. The predicted octanol–water partition coefficient (Wildman–Crippen LogP) is 2.96. The summed E-state index contributed by atoms with van der Waals surface area (Å²) in [5.74, 6) is -0.291. The second-order valence-electron chi connectivity index (χ2n) is 5.69. The number of aliphatic hydroxyl groups is 1. The van der Waals surface area contributed by atoms with Gasteiger partial charge in [-0.3, -0.25) is 0 Å². The van der Waals surface area contributed by atoms with E-state index < -0.39 is 5.82 Å². The zero-order valence-corrected chi connectivity index (χ0v) is 13.6. The summed E-state index contributed by atoms with van der Waals surface area (Å²) in [6, 6.07) is 3.03. The highest BCUT2D eigenvalue weighted by molar-refractivity contribution is 5.36. The lowest BCUT2D eigenvalue weighted by Crippen LogP contribution is -2.09. The largest absolute Gasteiger partial charge is 0.505 e. The van der Waals surface area contributed by atoms with Gasteiger partial charge in [-0.1, -0.05) is 25.3 Å². The highest BCUT2D eigenvalue weighted by Crippen LogP contribution is 2.23. The van der Waals surface area contributed by atoms with Crippen molar-refractivity contribution < 1.29 is 19.3 Å². The van der Waals surface area contributed by atoms with E-state index in [4.69, 9.17) is 14.9 Å². The lowest BCUT2D eigenvalue weighted by atomic mass is 9.90. The van der Waals surface area contributed by atoms with Crippen LogP contribution >= 0.6 is 0 Å². The topological polar surface area (TPSA) is 61.7 Å². The molecule has 3 N–H and O–H groups in total. The minimum absolute atomic E-state index is 0.164. The standard InChI is InChI=1S/C10H14FNO2.C7H14O/c1-12-5-7-3-4-9(13)10(11)8(7)6-14-2;8-6-7-4-2-1-3-5-7/h3-4,12-13H,5-6H2,1-2H3;7-8H,1-6H2. The molecule has 0 unspecified atom stereocenters. The molecular formula is C17H28FNO3. The Balaban J connectivity index is 0.000000255. The predicted molar refractivity (Wildman–Crippen MR) is 85.2 cm³/mol. The highest BCUT2D eigenvalue weighted by Gasteiger charge is 2.12. The average molecular weight is 313 g/mol. The quantitative estimate of drug-likeness (QED) is 0.782. The fraction of sp³-hybridized carbons (Fsp3) is 0.647.